The number of hydrogen-bond donors (Lipinski definition) is 0. The van der Waals surface area contributed by atoms with Crippen molar-refractivity contribution in [2.24, 2.45) is 5.16 Å². The van der Waals surface area contributed by atoms with Gasteiger partial charge in [0.25, 0.3) is 5.65 Å². The Bertz CT molecular complexity index is 1370. The molecule has 0 spiro atoms. The number of halogens is 4. The number of benzene rings is 1. The van der Waals surface area contributed by atoms with Gasteiger partial charge in [0.05, 0.1) is 24.5 Å². The Hall–Kier alpha value is -3.72. The number of oxime groups is 1. The van der Waals surface area contributed by atoms with Crippen LogP contribution in [-0.4, -0.2) is 15.6 Å². The summed E-state index contributed by atoms with van der Waals surface area (Å²) in [4.78, 5) is 22.1. The van der Waals surface area contributed by atoms with Crippen molar-refractivity contribution in [3.63, 3.8) is 0 Å². The zero-order valence-corrected chi connectivity index (χ0v) is 17.8. The summed E-state index contributed by atoms with van der Waals surface area (Å²) in [5.74, 6) is 0.423. The van der Waals surface area contributed by atoms with Gasteiger partial charge in [0.1, 0.15) is 16.9 Å². The van der Waals surface area contributed by atoms with Crippen LogP contribution in [0.4, 0.5) is 13.2 Å². The molecule has 1 aromatic carbocycles. The Kier molecular flexibility index (Phi) is 6.41. The number of fused-ring (bicyclic) bond motifs is 1. The van der Waals surface area contributed by atoms with Gasteiger partial charge in [-0.3, -0.25) is 0 Å². The molecule has 3 heterocycles. The minimum absolute atomic E-state index is 0.158. The molecule has 0 saturated carbocycles. The van der Waals surface area contributed by atoms with Gasteiger partial charge in [-0.25, -0.2) is 14.3 Å². The van der Waals surface area contributed by atoms with Crippen molar-refractivity contribution in [2.75, 3.05) is 0 Å². The lowest BCUT2D eigenvalue weighted by Crippen LogP contribution is -2.40. The Labute approximate surface area is 191 Å². The average Bonchev–Trinajstić information content (AvgIpc) is 2.81. The summed E-state index contributed by atoms with van der Waals surface area (Å²) in [5.41, 5.74) is -0.285. The quantitative estimate of drug-likeness (QED) is 0.175. The first-order valence-corrected chi connectivity index (χ1v) is 10.2. The molecule has 0 atom stereocenters. The van der Waals surface area contributed by atoms with E-state index < -0.39 is 17.3 Å². The highest BCUT2D eigenvalue weighted by Gasteiger charge is 2.31. The first-order chi connectivity index (χ1) is 15.8. The van der Waals surface area contributed by atoms with E-state index in [1.54, 1.807) is 53.5 Å². The molecule has 0 saturated heterocycles. The lowest BCUT2D eigenvalue weighted by molar-refractivity contribution is -0.672. The van der Waals surface area contributed by atoms with Crippen LogP contribution in [0.15, 0.2) is 83.1 Å². The molecule has 0 unspecified atom stereocenters. The van der Waals surface area contributed by atoms with E-state index in [9.17, 15) is 18.0 Å². The molecule has 33 heavy (non-hydrogen) atoms. The van der Waals surface area contributed by atoms with Crippen LogP contribution in [0, 0.1) is 0 Å². The van der Waals surface area contributed by atoms with Gasteiger partial charge >= 0.3 is 11.7 Å². The zero-order chi connectivity index (χ0) is 23.4. The SMILES string of the molecule is O=c1c(-c2cccc(C(F)(F)F)c2)c[n+](CC/C=N\Oc2ccc(Cl)nc2)c2ccccn12. The molecule has 168 valence electrons. The molecule has 0 N–H and O–H groups in total. The van der Waals surface area contributed by atoms with E-state index in [4.69, 9.17) is 16.4 Å². The second kappa shape index (κ2) is 9.41. The third-order valence-corrected chi connectivity index (χ3v) is 5.02. The number of pyridine rings is 2. The summed E-state index contributed by atoms with van der Waals surface area (Å²) in [6.07, 6.45) is 2.07. The van der Waals surface area contributed by atoms with Gasteiger partial charge in [0, 0.05) is 18.7 Å². The van der Waals surface area contributed by atoms with Crippen LogP contribution in [0.25, 0.3) is 16.8 Å². The molecule has 4 rings (SSSR count). The highest BCUT2D eigenvalue weighted by molar-refractivity contribution is 6.29. The lowest BCUT2D eigenvalue weighted by Gasteiger charge is -2.09. The van der Waals surface area contributed by atoms with Crippen molar-refractivity contribution in [1.82, 2.24) is 9.38 Å². The number of rotatable bonds is 6. The van der Waals surface area contributed by atoms with E-state index in [1.807, 2.05) is 0 Å². The van der Waals surface area contributed by atoms with Crippen molar-refractivity contribution in [2.45, 2.75) is 19.1 Å². The average molecular weight is 474 g/mol. The highest BCUT2D eigenvalue weighted by Crippen LogP contribution is 2.31. The fourth-order valence-corrected chi connectivity index (χ4v) is 3.36. The van der Waals surface area contributed by atoms with Crippen LogP contribution in [0.3, 0.4) is 0 Å². The third-order valence-electron chi connectivity index (χ3n) is 4.80. The predicted molar refractivity (Wildman–Crippen MR) is 117 cm³/mol. The second-order valence-corrected chi connectivity index (χ2v) is 7.42. The summed E-state index contributed by atoms with van der Waals surface area (Å²) in [7, 11) is 0. The van der Waals surface area contributed by atoms with Gasteiger partial charge in [-0.1, -0.05) is 35.0 Å². The maximum atomic E-state index is 13.2. The molecule has 0 radical (unpaired) electrons. The molecule has 0 aliphatic carbocycles. The zero-order valence-electron chi connectivity index (χ0n) is 17.0. The molecule has 0 amide bonds. The summed E-state index contributed by atoms with van der Waals surface area (Å²) in [5, 5.41) is 4.23. The standard InChI is InChI=1S/C23H17ClF3N4O2/c24-20-9-8-18(14-28-20)33-29-10-4-11-30-15-19(22(32)31-12-2-1-7-21(30)31)16-5-3-6-17(13-16)23(25,26)27/h1-3,5-10,12-15H,4,11H2/q+1/b29-10-. The van der Waals surface area contributed by atoms with Crippen LogP contribution in [0.2, 0.25) is 5.15 Å². The summed E-state index contributed by atoms with van der Waals surface area (Å²) in [6, 6.07) is 13.1. The van der Waals surface area contributed by atoms with Gasteiger partial charge in [-0.15, -0.1) is 0 Å². The number of alkyl halides is 3. The highest BCUT2D eigenvalue weighted by atomic mass is 35.5. The summed E-state index contributed by atoms with van der Waals surface area (Å²) < 4.78 is 42.7. The number of aryl methyl sites for hydroxylation is 1. The van der Waals surface area contributed by atoms with E-state index in [-0.39, 0.29) is 11.1 Å². The largest absolute Gasteiger partial charge is 0.416 e. The smallest absolute Gasteiger partial charge is 0.356 e. The van der Waals surface area contributed by atoms with Crippen LogP contribution in [0.5, 0.6) is 5.75 Å². The first-order valence-electron chi connectivity index (χ1n) is 9.85. The van der Waals surface area contributed by atoms with Gasteiger partial charge < -0.3 is 4.84 Å². The Morgan fingerprint density at radius 2 is 2.00 bits per heavy atom. The van der Waals surface area contributed by atoms with Crippen LogP contribution >= 0.6 is 11.6 Å². The van der Waals surface area contributed by atoms with Gasteiger partial charge in [0.2, 0.25) is 0 Å². The maximum absolute atomic E-state index is 13.2. The number of nitrogens with zero attached hydrogens (tertiary/aromatic N) is 4. The Morgan fingerprint density at radius 1 is 1.15 bits per heavy atom. The predicted octanol–water partition coefficient (Wildman–Crippen LogP) is 4.78. The Morgan fingerprint density at radius 3 is 2.76 bits per heavy atom. The van der Waals surface area contributed by atoms with Gasteiger partial charge in [-0.2, -0.15) is 17.6 Å². The molecule has 0 aliphatic heterocycles. The van der Waals surface area contributed by atoms with Gasteiger partial charge in [0.15, 0.2) is 5.75 Å². The second-order valence-electron chi connectivity index (χ2n) is 7.03. The normalized spacial score (nSPS) is 11.9. The first kappa shape index (κ1) is 22.5. The fraction of sp³-hybridized carbons (Fsp3) is 0.130. The molecule has 3 aromatic heterocycles. The monoisotopic (exact) mass is 473 g/mol. The van der Waals surface area contributed by atoms with E-state index in [2.05, 4.69) is 10.1 Å². The van der Waals surface area contributed by atoms with Crippen molar-refractivity contribution in [3.8, 4) is 16.9 Å². The van der Waals surface area contributed by atoms with Crippen molar-refractivity contribution >= 4 is 23.5 Å². The van der Waals surface area contributed by atoms with Gasteiger partial charge in [-0.05, 0) is 35.9 Å². The summed E-state index contributed by atoms with van der Waals surface area (Å²) in [6.45, 7) is 0.408. The minimum atomic E-state index is -4.50. The van der Waals surface area contributed by atoms with E-state index in [1.165, 1.54) is 22.7 Å². The van der Waals surface area contributed by atoms with Crippen LogP contribution in [-0.2, 0) is 12.7 Å². The molecule has 6 nitrogen and oxygen atoms in total. The van der Waals surface area contributed by atoms with Crippen LogP contribution < -0.4 is 15.0 Å². The van der Waals surface area contributed by atoms with E-state index >= 15 is 0 Å². The van der Waals surface area contributed by atoms with Crippen LogP contribution in [0.1, 0.15) is 12.0 Å². The molecule has 0 aliphatic rings. The minimum Gasteiger partial charge on any atom is -0.356 e. The maximum Gasteiger partial charge on any atom is 0.416 e. The molecule has 4 aromatic rings. The number of aromatic nitrogens is 3. The molecular formula is C23H17ClF3N4O2+. The lowest BCUT2D eigenvalue weighted by atomic mass is 10.1. The Balaban J connectivity index is 1.62. The summed E-state index contributed by atoms with van der Waals surface area (Å²) >= 11 is 5.72. The fourth-order valence-electron chi connectivity index (χ4n) is 3.25. The molecule has 0 fully saturated rings. The topological polar surface area (TPSA) is 59.8 Å². The van der Waals surface area contributed by atoms with E-state index in [0.717, 1.165) is 12.1 Å². The van der Waals surface area contributed by atoms with Crippen molar-refractivity contribution in [1.29, 1.82) is 0 Å². The number of hydrogen-bond acceptors (Lipinski definition) is 4. The van der Waals surface area contributed by atoms with E-state index in [0.29, 0.717) is 29.5 Å². The molecule has 0 bridgehead atoms. The van der Waals surface area contributed by atoms with Crippen molar-refractivity contribution < 1.29 is 22.6 Å². The molecular weight excluding hydrogens is 457 g/mol. The van der Waals surface area contributed by atoms with Crippen molar-refractivity contribution in [3.05, 3.63) is 94.3 Å². The molecule has 10 heteroatoms. The third kappa shape index (κ3) is 5.20.